The lowest BCUT2D eigenvalue weighted by atomic mass is 9.78. The number of aliphatic imine (C=N–C) groups is 1. The van der Waals surface area contributed by atoms with Gasteiger partial charge in [0.1, 0.15) is 0 Å². The van der Waals surface area contributed by atoms with Crippen LogP contribution in [-0.4, -0.2) is 37.5 Å². The summed E-state index contributed by atoms with van der Waals surface area (Å²) in [5, 5.41) is 3.36. The van der Waals surface area contributed by atoms with Crippen molar-refractivity contribution in [3.63, 3.8) is 0 Å². The van der Waals surface area contributed by atoms with Gasteiger partial charge in [-0.1, -0.05) is 20.3 Å². The van der Waals surface area contributed by atoms with Crippen molar-refractivity contribution in [1.29, 1.82) is 0 Å². The van der Waals surface area contributed by atoms with E-state index in [1.165, 1.54) is 25.7 Å². The minimum absolute atomic E-state index is 0.484. The average molecular weight is 225 g/mol. The van der Waals surface area contributed by atoms with Crippen LogP contribution in [0.1, 0.15) is 46.5 Å². The zero-order valence-corrected chi connectivity index (χ0v) is 11.3. The Bertz CT molecular complexity index is 233. The van der Waals surface area contributed by atoms with E-state index in [0.29, 0.717) is 5.41 Å². The highest BCUT2D eigenvalue weighted by Gasteiger charge is 2.31. The molecule has 0 radical (unpaired) electrons. The summed E-state index contributed by atoms with van der Waals surface area (Å²) >= 11 is 0. The molecule has 3 heteroatoms. The Labute approximate surface area is 100 Å². The fourth-order valence-electron chi connectivity index (χ4n) is 2.79. The van der Waals surface area contributed by atoms with E-state index in [2.05, 4.69) is 36.0 Å². The second kappa shape index (κ2) is 6.12. The van der Waals surface area contributed by atoms with E-state index in [4.69, 9.17) is 0 Å². The Hall–Kier alpha value is -0.730. The molecule has 94 valence electrons. The molecule has 16 heavy (non-hydrogen) atoms. The fraction of sp³-hybridized carbons (Fsp3) is 0.923. The van der Waals surface area contributed by atoms with Gasteiger partial charge in [-0.2, -0.15) is 0 Å². The van der Waals surface area contributed by atoms with Crippen LogP contribution in [0.2, 0.25) is 0 Å². The molecule has 1 rings (SSSR count). The summed E-state index contributed by atoms with van der Waals surface area (Å²) in [5.41, 5.74) is 0.484. The van der Waals surface area contributed by atoms with Gasteiger partial charge in [-0.3, -0.25) is 4.99 Å². The van der Waals surface area contributed by atoms with Gasteiger partial charge >= 0.3 is 0 Å². The number of likely N-dealkylation sites (tertiary alicyclic amines) is 1. The lowest BCUT2D eigenvalue weighted by Crippen LogP contribution is -2.49. The number of piperidine rings is 1. The Morgan fingerprint density at radius 2 is 2.19 bits per heavy atom. The number of rotatable bonds is 3. The first-order valence-corrected chi connectivity index (χ1v) is 6.61. The molecule has 0 bridgehead atoms. The molecule has 1 aliphatic heterocycles. The second-order valence-corrected chi connectivity index (χ2v) is 5.16. The van der Waals surface area contributed by atoms with Crippen LogP contribution in [0.4, 0.5) is 0 Å². The van der Waals surface area contributed by atoms with Crippen LogP contribution < -0.4 is 5.32 Å². The molecule has 0 spiro atoms. The van der Waals surface area contributed by atoms with E-state index in [0.717, 1.165) is 25.6 Å². The number of nitrogens with zero attached hydrogens (tertiary/aromatic N) is 2. The van der Waals surface area contributed by atoms with Crippen molar-refractivity contribution in [2.45, 2.75) is 46.5 Å². The Morgan fingerprint density at radius 3 is 2.75 bits per heavy atom. The predicted octanol–water partition coefficient (Wildman–Crippen LogP) is 2.48. The summed E-state index contributed by atoms with van der Waals surface area (Å²) in [7, 11) is 1.88. The molecule has 1 aliphatic rings. The first-order valence-electron chi connectivity index (χ1n) is 6.61. The van der Waals surface area contributed by atoms with Crippen molar-refractivity contribution in [2.24, 2.45) is 10.4 Å². The monoisotopic (exact) mass is 225 g/mol. The molecule has 1 N–H and O–H groups in total. The van der Waals surface area contributed by atoms with Gasteiger partial charge in [-0.25, -0.2) is 0 Å². The lowest BCUT2D eigenvalue weighted by molar-refractivity contribution is 0.143. The van der Waals surface area contributed by atoms with Crippen LogP contribution in [0.3, 0.4) is 0 Å². The van der Waals surface area contributed by atoms with Crippen molar-refractivity contribution < 1.29 is 0 Å². The molecule has 0 amide bonds. The van der Waals surface area contributed by atoms with Crippen LogP contribution in [0.25, 0.3) is 0 Å². The molecular weight excluding hydrogens is 198 g/mol. The van der Waals surface area contributed by atoms with E-state index in [1.807, 2.05) is 7.05 Å². The van der Waals surface area contributed by atoms with E-state index in [-0.39, 0.29) is 0 Å². The highest BCUT2D eigenvalue weighted by molar-refractivity contribution is 5.79. The van der Waals surface area contributed by atoms with Gasteiger partial charge in [0.2, 0.25) is 0 Å². The topological polar surface area (TPSA) is 27.6 Å². The van der Waals surface area contributed by atoms with E-state index in [9.17, 15) is 0 Å². The fourth-order valence-corrected chi connectivity index (χ4v) is 2.79. The molecule has 0 aromatic heterocycles. The Balaban J connectivity index is 2.62. The summed E-state index contributed by atoms with van der Waals surface area (Å²) in [4.78, 5) is 6.78. The van der Waals surface area contributed by atoms with E-state index >= 15 is 0 Å². The quantitative estimate of drug-likeness (QED) is 0.590. The third-order valence-corrected chi connectivity index (χ3v) is 3.48. The zero-order valence-electron chi connectivity index (χ0n) is 11.3. The van der Waals surface area contributed by atoms with Crippen LogP contribution in [0, 0.1) is 5.41 Å². The number of nitrogens with one attached hydrogen (secondary N) is 1. The minimum Gasteiger partial charge on any atom is -0.357 e. The summed E-state index contributed by atoms with van der Waals surface area (Å²) in [5.74, 6) is 1.07. The normalized spacial score (nSPS) is 27.0. The summed E-state index contributed by atoms with van der Waals surface area (Å²) in [6, 6.07) is 0. The maximum absolute atomic E-state index is 4.36. The lowest BCUT2D eigenvalue weighted by Gasteiger charge is -2.41. The maximum Gasteiger partial charge on any atom is 0.193 e. The molecule has 0 saturated carbocycles. The molecule has 1 atom stereocenters. The van der Waals surface area contributed by atoms with Gasteiger partial charge in [0.25, 0.3) is 0 Å². The highest BCUT2D eigenvalue weighted by atomic mass is 15.3. The average Bonchev–Trinajstić information content (AvgIpc) is 2.25. The van der Waals surface area contributed by atoms with E-state index in [1.54, 1.807) is 0 Å². The summed E-state index contributed by atoms with van der Waals surface area (Å²) < 4.78 is 0. The first kappa shape index (κ1) is 13.3. The Kier molecular flexibility index (Phi) is 5.10. The van der Waals surface area contributed by atoms with Crippen molar-refractivity contribution in [3.8, 4) is 0 Å². The molecule has 3 nitrogen and oxygen atoms in total. The minimum atomic E-state index is 0.484. The third-order valence-electron chi connectivity index (χ3n) is 3.48. The standard InChI is InChI=1S/C13H27N3/c1-5-8-13(3)9-7-10-16(11-13)12(14-4)15-6-2/h5-11H2,1-4H3,(H,14,15). The third kappa shape index (κ3) is 3.39. The van der Waals surface area contributed by atoms with Crippen LogP contribution in [-0.2, 0) is 0 Å². The molecule has 0 aliphatic carbocycles. The van der Waals surface area contributed by atoms with Crippen LogP contribution >= 0.6 is 0 Å². The van der Waals surface area contributed by atoms with Crippen molar-refractivity contribution in [3.05, 3.63) is 0 Å². The first-order chi connectivity index (χ1) is 7.65. The summed E-state index contributed by atoms with van der Waals surface area (Å²) in [6.45, 7) is 10.1. The molecule has 1 saturated heterocycles. The summed E-state index contributed by atoms with van der Waals surface area (Å²) in [6.07, 6.45) is 5.26. The molecule has 1 unspecified atom stereocenters. The largest absolute Gasteiger partial charge is 0.357 e. The van der Waals surface area contributed by atoms with Gasteiger partial charge in [-0.05, 0) is 31.6 Å². The van der Waals surface area contributed by atoms with E-state index < -0.39 is 0 Å². The van der Waals surface area contributed by atoms with Gasteiger partial charge in [0.15, 0.2) is 5.96 Å². The molecule has 1 heterocycles. The molecule has 0 aromatic carbocycles. The van der Waals surface area contributed by atoms with Gasteiger partial charge < -0.3 is 10.2 Å². The SMILES string of the molecule is CCCC1(C)CCCN(C(=NC)NCC)C1. The van der Waals surface area contributed by atoms with Crippen LogP contribution in [0.5, 0.6) is 0 Å². The van der Waals surface area contributed by atoms with Gasteiger partial charge in [-0.15, -0.1) is 0 Å². The second-order valence-electron chi connectivity index (χ2n) is 5.16. The highest BCUT2D eigenvalue weighted by Crippen LogP contribution is 2.33. The number of hydrogen-bond acceptors (Lipinski definition) is 1. The number of hydrogen-bond donors (Lipinski definition) is 1. The maximum atomic E-state index is 4.36. The predicted molar refractivity (Wildman–Crippen MR) is 70.9 cm³/mol. The molecular formula is C13H27N3. The number of guanidine groups is 1. The molecule has 1 fully saturated rings. The smallest absolute Gasteiger partial charge is 0.193 e. The van der Waals surface area contributed by atoms with Gasteiger partial charge in [0.05, 0.1) is 0 Å². The van der Waals surface area contributed by atoms with Crippen molar-refractivity contribution >= 4 is 5.96 Å². The van der Waals surface area contributed by atoms with Crippen molar-refractivity contribution in [2.75, 3.05) is 26.7 Å². The zero-order chi connectivity index (χ0) is 12.0. The van der Waals surface area contributed by atoms with Gasteiger partial charge in [0, 0.05) is 26.7 Å². The van der Waals surface area contributed by atoms with Crippen LogP contribution in [0.15, 0.2) is 4.99 Å². The van der Waals surface area contributed by atoms with Crippen molar-refractivity contribution in [1.82, 2.24) is 10.2 Å². The molecule has 0 aromatic rings. The Morgan fingerprint density at radius 1 is 1.44 bits per heavy atom.